The van der Waals surface area contributed by atoms with Crippen LogP contribution in [0.2, 0.25) is 0 Å². The summed E-state index contributed by atoms with van der Waals surface area (Å²) in [6.07, 6.45) is 2.26. The van der Waals surface area contributed by atoms with Crippen molar-refractivity contribution in [2.45, 2.75) is 31.9 Å². The third-order valence-corrected chi connectivity index (χ3v) is 3.64. The summed E-state index contributed by atoms with van der Waals surface area (Å²) < 4.78 is 6.80. The van der Waals surface area contributed by atoms with Crippen molar-refractivity contribution >= 4 is 5.91 Å². The smallest absolute Gasteiger partial charge is 0.217 e. The van der Waals surface area contributed by atoms with Crippen LogP contribution < -0.4 is 5.73 Å². The minimum atomic E-state index is -1.03. The summed E-state index contributed by atoms with van der Waals surface area (Å²) in [4.78, 5) is 10.7. The van der Waals surface area contributed by atoms with Gasteiger partial charge >= 0.3 is 0 Å². The molecule has 0 aliphatic rings. The van der Waals surface area contributed by atoms with Gasteiger partial charge in [-0.15, -0.1) is 5.10 Å². The van der Waals surface area contributed by atoms with Crippen molar-refractivity contribution in [1.29, 1.82) is 0 Å². The second-order valence-corrected chi connectivity index (χ2v) is 5.84. The molecule has 1 aromatic rings. The average Bonchev–Trinajstić information content (AvgIpc) is 3.01. The lowest BCUT2D eigenvalue weighted by Crippen LogP contribution is -2.41. The number of hydrogen-bond acceptors (Lipinski definition) is 8. The molecule has 0 aromatic carbocycles. The Morgan fingerprint density at radius 2 is 1.96 bits per heavy atom. The van der Waals surface area contributed by atoms with Crippen molar-refractivity contribution in [3.05, 3.63) is 11.9 Å². The van der Waals surface area contributed by atoms with Gasteiger partial charge in [-0.05, 0) is 12.8 Å². The second-order valence-electron chi connectivity index (χ2n) is 5.84. The van der Waals surface area contributed by atoms with E-state index < -0.39 is 11.5 Å². The quantitative estimate of drug-likeness (QED) is 0.260. The molecule has 10 heteroatoms. The zero-order valence-electron chi connectivity index (χ0n) is 13.5. The molecule has 0 radical (unpaired) electrons. The molecule has 0 unspecified atom stereocenters. The monoisotopic (exact) mass is 346 g/mol. The fraction of sp³-hybridized carbons (Fsp3) is 0.786. The minimum Gasteiger partial charge on any atom is -0.396 e. The number of primary amides is 1. The van der Waals surface area contributed by atoms with Gasteiger partial charge in [0.15, 0.2) is 0 Å². The van der Waals surface area contributed by atoms with E-state index in [1.807, 2.05) is 0 Å². The Balaban J connectivity index is 2.63. The maximum Gasteiger partial charge on any atom is 0.217 e. The van der Waals surface area contributed by atoms with Crippen molar-refractivity contribution < 1.29 is 30.0 Å². The van der Waals surface area contributed by atoms with E-state index in [-0.39, 0.29) is 51.9 Å². The van der Waals surface area contributed by atoms with Crippen LogP contribution in [0.5, 0.6) is 0 Å². The highest BCUT2D eigenvalue weighted by Gasteiger charge is 2.31. The van der Waals surface area contributed by atoms with Crippen LogP contribution in [0.25, 0.3) is 0 Å². The van der Waals surface area contributed by atoms with Crippen LogP contribution in [0.3, 0.4) is 0 Å². The molecule has 1 rings (SSSR count). The lowest BCUT2D eigenvalue weighted by molar-refractivity contribution is -0.118. The van der Waals surface area contributed by atoms with E-state index in [0.717, 1.165) is 0 Å². The normalized spacial score (nSPS) is 12.0. The molecule has 0 atom stereocenters. The first kappa shape index (κ1) is 20.5. The highest BCUT2D eigenvalue weighted by Crippen LogP contribution is 2.20. The van der Waals surface area contributed by atoms with Crippen LogP contribution in [0.4, 0.5) is 0 Å². The number of nitrogens with zero attached hydrogens (tertiary/aromatic N) is 3. The van der Waals surface area contributed by atoms with Gasteiger partial charge in [0.1, 0.15) is 6.10 Å². The Kier molecular flexibility index (Phi) is 8.79. The fourth-order valence-corrected chi connectivity index (χ4v) is 2.06. The van der Waals surface area contributed by atoms with Crippen LogP contribution in [0, 0.1) is 5.41 Å². The van der Waals surface area contributed by atoms with Crippen LogP contribution in [-0.4, -0.2) is 80.5 Å². The van der Waals surface area contributed by atoms with Gasteiger partial charge in [0, 0.05) is 12.6 Å². The maximum absolute atomic E-state index is 10.7. The van der Waals surface area contributed by atoms with E-state index in [0.29, 0.717) is 18.5 Å². The number of aryl methyl sites for hydroxylation is 1. The Morgan fingerprint density at radius 1 is 1.29 bits per heavy atom. The molecule has 0 saturated carbocycles. The first-order valence-corrected chi connectivity index (χ1v) is 7.71. The molecule has 24 heavy (non-hydrogen) atoms. The van der Waals surface area contributed by atoms with E-state index in [1.165, 1.54) is 4.68 Å². The molecule has 1 aromatic heterocycles. The Hall–Kier alpha value is -1.59. The lowest BCUT2D eigenvalue weighted by atomic mass is 9.91. The molecule has 0 aliphatic carbocycles. The molecule has 0 bridgehead atoms. The van der Waals surface area contributed by atoms with E-state index in [9.17, 15) is 15.0 Å². The summed E-state index contributed by atoms with van der Waals surface area (Å²) in [7, 11) is 0. The molecule has 1 heterocycles. The molecule has 6 N–H and O–H groups in total. The van der Waals surface area contributed by atoms with Crippen LogP contribution in [-0.2, 0) is 22.5 Å². The van der Waals surface area contributed by atoms with Crippen molar-refractivity contribution in [3.8, 4) is 0 Å². The molecule has 0 fully saturated rings. The number of aliphatic hydroxyl groups excluding tert-OH is 4. The average molecular weight is 346 g/mol. The van der Waals surface area contributed by atoms with Crippen molar-refractivity contribution in [3.63, 3.8) is 0 Å². The summed E-state index contributed by atoms with van der Waals surface area (Å²) >= 11 is 0. The number of hydrogen-bond donors (Lipinski definition) is 5. The topological polar surface area (TPSA) is 164 Å². The molecule has 0 spiro atoms. The summed E-state index contributed by atoms with van der Waals surface area (Å²) in [5, 5.41) is 45.2. The number of amides is 1. The summed E-state index contributed by atoms with van der Waals surface area (Å²) in [5.74, 6) is -0.374. The van der Waals surface area contributed by atoms with Gasteiger partial charge in [0.2, 0.25) is 5.91 Å². The number of rotatable bonds is 13. The maximum atomic E-state index is 10.7. The van der Waals surface area contributed by atoms with E-state index in [4.69, 9.17) is 20.7 Å². The highest BCUT2D eigenvalue weighted by atomic mass is 16.5. The van der Waals surface area contributed by atoms with Gasteiger partial charge < -0.3 is 30.9 Å². The zero-order chi connectivity index (χ0) is 18.0. The second kappa shape index (κ2) is 10.3. The standard InChI is InChI=1S/C14H26N4O6/c15-13(23)3-1-2-11-4-18(17-16-11)7-14(8-21,9-22)10-24-12(5-19)6-20/h4,12,19-22H,1-3,5-10H2,(H2,15,23). The summed E-state index contributed by atoms with van der Waals surface area (Å²) in [6.45, 7) is -1.39. The number of aliphatic hydroxyl groups is 4. The molecule has 0 saturated heterocycles. The Morgan fingerprint density at radius 3 is 2.50 bits per heavy atom. The molecule has 138 valence electrons. The van der Waals surface area contributed by atoms with Crippen LogP contribution in [0.15, 0.2) is 6.20 Å². The van der Waals surface area contributed by atoms with Gasteiger partial charge in [-0.3, -0.25) is 9.48 Å². The van der Waals surface area contributed by atoms with Crippen molar-refractivity contribution in [1.82, 2.24) is 15.0 Å². The first-order chi connectivity index (χ1) is 11.5. The third-order valence-electron chi connectivity index (χ3n) is 3.64. The van der Waals surface area contributed by atoms with E-state index >= 15 is 0 Å². The van der Waals surface area contributed by atoms with Crippen molar-refractivity contribution in [2.75, 3.05) is 33.0 Å². The SMILES string of the molecule is NC(=O)CCCc1cn(CC(CO)(CO)COC(CO)CO)nn1. The molecule has 10 nitrogen and oxygen atoms in total. The molecule has 1 amide bonds. The zero-order valence-corrected chi connectivity index (χ0v) is 13.5. The number of aromatic nitrogens is 3. The van der Waals surface area contributed by atoms with Crippen LogP contribution >= 0.6 is 0 Å². The first-order valence-electron chi connectivity index (χ1n) is 7.71. The predicted octanol–water partition coefficient (Wildman–Crippen LogP) is -2.57. The number of carbonyl (C=O) groups excluding carboxylic acids is 1. The molecular weight excluding hydrogens is 320 g/mol. The Labute approximate surface area is 139 Å². The third kappa shape index (κ3) is 6.49. The minimum absolute atomic E-state index is 0.0668. The summed E-state index contributed by atoms with van der Waals surface area (Å²) in [6, 6.07) is 0. The van der Waals surface area contributed by atoms with E-state index in [1.54, 1.807) is 6.20 Å². The van der Waals surface area contributed by atoms with Gasteiger partial charge in [-0.25, -0.2) is 0 Å². The largest absolute Gasteiger partial charge is 0.396 e. The van der Waals surface area contributed by atoms with Crippen molar-refractivity contribution in [2.24, 2.45) is 11.1 Å². The predicted molar refractivity (Wildman–Crippen MR) is 82.7 cm³/mol. The number of ether oxygens (including phenoxy) is 1. The molecular formula is C14H26N4O6. The number of carbonyl (C=O) groups is 1. The van der Waals surface area contributed by atoms with Gasteiger partial charge in [-0.2, -0.15) is 0 Å². The van der Waals surface area contributed by atoms with E-state index in [2.05, 4.69) is 10.3 Å². The van der Waals surface area contributed by atoms with Gasteiger partial charge in [0.05, 0.1) is 50.7 Å². The fourth-order valence-electron chi connectivity index (χ4n) is 2.06. The Bertz CT molecular complexity index is 487. The summed E-state index contributed by atoms with van der Waals surface area (Å²) in [5.41, 5.74) is 4.72. The van der Waals surface area contributed by atoms with Gasteiger partial charge in [-0.1, -0.05) is 5.21 Å². The van der Waals surface area contributed by atoms with Crippen LogP contribution in [0.1, 0.15) is 18.5 Å². The molecule has 0 aliphatic heterocycles. The van der Waals surface area contributed by atoms with Gasteiger partial charge in [0.25, 0.3) is 0 Å². The highest BCUT2D eigenvalue weighted by molar-refractivity contribution is 5.73. The lowest BCUT2D eigenvalue weighted by Gasteiger charge is -2.30. The number of nitrogens with two attached hydrogens (primary N) is 1.